The number of rotatable bonds is 3. The quantitative estimate of drug-likeness (QED) is 0.839. The standard InChI is InChI=1S/C13H16N4/c1-9-5-7-16-11(8-9)12(15-2)10-4-3-6-17-13(10)14/h3-8,12,15H,1-2H3,(H2,14,17). The van der Waals surface area contributed by atoms with Crippen LogP contribution in [0.25, 0.3) is 0 Å². The topological polar surface area (TPSA) is 63.8 Å². The highest BCUT2D eigenvalue weighted by Gasteiger charge is 2.16. The van der Waals surface area contributed by atoms with E-state index < -0.39 is 0 Å². The van der Waals surface area contributed by atoms with Crippen LogP contribution in [-0.4, -0.2) is 17.0 Å². The van der Waals surface area contributed by atoms with Crippen molar-refractivity contribution in [3.8, 4) is 0 Å². The van der Waals surface area contributed by atoms with E-state index in [1.54, 1.807) is 6.20 Å². The molecule has 0 aliphatic rings. The van der Waals surface area contributed by atoms with Crippen molar-refractivity contribution in [2.24, 2.45) is 0 Å². The molecule has 2 heterocycles. The van der Waals surface area contributed by atoms with Gasteiger partial charge < -0.3 is 11.1 Å². The van der Waals surface area contributed by atoms with Gasteiger partial charge in [0.15, 0.2) is 0 Å². The summed E-state index contributed by atoms with van der Waals surface area (Å²) in [5.74, 6) is 0.537. The maximum absolute atomic E-state index is 5.89. The molecule has 4 nitrogen and oxygen atoms in total. The molecule has 88 valence electrons. The first-order chi connectivity index (χ1) is 8.22. The lowest BCUT2D eigenvalue weighted by atomic mass is 10.0. The number of anilines is 1. The lowest BCUT2D eigenvalue weighted by Crippen LogP contribution is -2.20. The van der Waals surface area contributed by atoms with Crippen molar-refractivity contribution in [1.29, 1.82) is 0 Å². The van der Waals surface area contributed by atoms with Crippen molar-refractivity contribution in [3.05, 3.63) is 53.5 Å². The summed E-state index contributed by atoms with van der Waals surface area (Å²) in [5.41, 5.74) is 8.98. The van der Waals surface area contributed by atoms with Gasteiger partial charge in [0, 0.05) is 18.0 Å². The highest BCUT2D eigenvalue weighted by molar-refractivity contribution is 5.44. The van der Waals surface area contributed by atoms with Gasteiger partial charge in [-0.05, 0) is 37.7 Å². The molecule has 4 heteroatoms. The Morgan fingerprint density at radius 1 is 1.24 bits per heavy atom. The molecular formula is C13H16N4. The first-order valence-electron chi connectivity index (χ1n) is 5.52. The molecule has 0 saturated carbocycles. The molecule has 0 aliphatic heterocycles. The Balaban J connectivity index is 2.44. The van der Waals surface area contributed by atoms with E-state index in [9.17, 15) is 0 Å². The summed E-state index contributed by atoms with van der Waals surface area (Å²) in [6, 6.07) is 7.85. The van der Waals surface area contributed by atoms with Crippen LogP contribution >= 0.6 is 0 Å². The van der Waals surface area contributed by atoms with E-state index in [0.717, 1.165) is 11.3 Å². The second-order valence-electron chi connectivity index (χ2n) is 3.96. The SMILES string of the molecule is CNC(c1cc(C)ccn1)c1cccnc1N. The van der Waals surface area contributed by atoms with Gasteiger partial charge >= 0.3 is 0 Å². The lowest BCUT2D eigenvalue weighted by molar-refractivity contribution is 0.670. The van der Waals surface area contributed by atoms with E-state index in [4.69, 9.17) is 5.73 Å². The smallest absolute Gasteiger partial charge is 0.128 e. The first kappa shape index (κ1) is 11.5. The Bertz CT molecular complexity index is 510. The Morgan fingerprint density at radius 3 is 2.71 bits per heavy atom. The van der Waals surface area contributed by atoms with Crippen LogP contribution in [0.5, 0.6) is 0 Å². The van der Waals surface area contributed by atoms with Crippen LogP contribution in [0.2, 0.25) is 0 Å². The van der Waals surface area contributed by atoms with E-state index >= 15 is 0 Å². The van der Waals surface area contributed by atoms with E-state index in [1.165, 1.54) is 5.56 Å². The molecule has 1 unspecified atom stereocenters. The minimum atomic E-state index is -0.0244. The predicted molar refractivity (Wildman–Crippen MR) is 68.5 cm³/mol. The van der Waals surface area contributed by atoms with Crippen molar-refractivity contribution in [2.45, 2.75) is 13.0 Å². The Labute approximate surface area is 101 Å². The Kier molecular flexibility index (Phi) is 3.35. The molecular weight excluding hydrogens is 212 g/mol. The molecule has 0 radical (unpaired) electrons. The number of nitrogens with one attached hydrogen (secondary N) is 1. The number of aromatic nitrogens is 2. The molecule has 17 heavy (non-hydrogen) atoms. The fraction of sp³-hybridized carbons (Fsp3) is 0.231. The maximum Gasteiger partial charge on any atom is 0.128 e. The van der Waals surface area contributed by atoms with Crippen LogP contribution in [0.4, 0.5) is 5.82 Å². The van der Waals surface area contributed by atoms with E-state index in [0.29, 0.717) is 5.82 Å². The number of hydrogen-bond acceptors (Lipinski definition) is 4. The molecule has 0 amide bonds. The lowest BCUT2D eigenvalue weighted by Gasteiger charge is -2.17. The zero-order chi connectivity index (χ0) is 12.3. The van der Waals surface area contributed by atoms with Gasteiger partial charge in [0.1, 0.15) is 5.82 Å². The second-order valence-corrected chi connectivity index (χ2v) is 3.96. The molecule has 2 rings (SSSR count). The molecule has 0 bridgehead atoms. The van der Waals surface area contributed by atoms with Crippen LogP contribution in [-0.2, 0) is 0 Å². The Hall–Kier alpha value is -1.94. The molecule has 0 fully saturated rings. The minimum absolute atomic E-state index is 0.0244. The molecule has 1 atom stereocenters. The van der Waals surface area contributed by atoms with Crippen molar-refractivity contribution in [2.75, 3.05) is 12.8 Å². The van der Waals surface area contributed by atoms with Gasteiger partial charge in [0.05, 0.1) is 11.7 Å². The number of nitrogens with two attached hydrogens (primary N) is 1. The monoisotopic (exact) mass is 228 g/mol. The number of nitrogens with zero attached hydrogens (tertiary/aromatic N) is 2. The predicted octanol–water partition coefficient (Wildman–Crippen LogP) is 1.68. The van der Waals surface area contributed by atoms with Gasteiger partial charge in [0.2, 0.25) is 0 Å². The normalized spacial score (nSPS) is 12.4. The molecule has 3 N–H and O–H groups in total. The summed E-state index contributed by atoms with van der Waals surface area (Å²) in [6.45, 7) is 2.05. The van der Waals surface area contributed by atoms with Crippen LogP contribution < -0.4 is 11.1 Å². The summed E-state index contributed by atoms with van der Waals surface area (Å²) in [4.78, 5) is 8.49. The maximum atomic E-state index is 5.89. The second kappa shape index (κ2) is 4.93. The van der Waals surface area contributed by atoms with E-state index in [-0.39, 0.29) is 6.04 Å². The van der Waals surface area contributed by atoms with Gasteiger partial charge in [-0.2, -0.15) is 0 Å². The van der Waals surface area contributed by atoms with Crippen molar-refractivity contribution in [3.63, 3.8) is 0 Å². The third-order valence-electron chi connectivity index (χ3n) is 2.70. The average molecular weight is 228 g/mol. The van der Waals surface area contributed by atoms with Crippen LogP contribution in [0.15, 0.2) is 36.7 Å². The van der Waals surface area contributed by atoms with Gasteiger partial charge in [-0.25, -0.2) is 4.98 Å². The molecule has 0 spiro atoms. The molecule has 0 aromatic carbocycles. The summed E-state index contributed by atoms with van der Waals surface area (Å²) < 4.78 is 0. The molecule has 0 saturated heterocycles. The highest BCUT2D eigenvalue weighted by Crippen LogP contribution is 2.23. The summed E-state index contributed by atoms with van der Waals surface area (Å²) in [5, 5.41) is 3.22. The Morgan fingerprint density at radius 2 is 2.06 bits per heavy atom. The van der Waals surface area contributed by atoms with E-state index in [1.807, 2.05) is 44.4 Å². The first-order valence-corrected chi connectivity index (χ1v) is 5.52. The van der Waals surface area contributed by atoms with Gasteiger partial charge in [-0.3, -0.25) is 4.98 Å². The largest absolute Gasteiger partial charge is 0.383 e. The van der Waals surface area contributed by atoms with Crippen LogP contribution in [0.3, 0.4) is 0 Å². The number of nitrogen functional groups attached to an aromatic ring is 1. The fourth-order valence-corrected chi connectivity index (χ4v) is 1.85. The third kappa shape index (κ3) is 2.42. The van der Waals surface area contributed by atoms with Crippen LogP contribution in [0, 0.1) is 6.92 Å². The van der Waals surface area contributed by atoms with Gasteiger partial charge in [-0.1, -0.05) is 6.07 Å². The van der Waals surface area contributed by atoms with Gasteiger partial charge in [-0.15, -0.1) is 0 Å². The third-order valence-corrected chi connectivity index (χ3v) is 2.70. The number of pyridine rings is 2. The zero-order valence-corrected chi connectivity index (χ0v) is 10.0. The zero-order valence-electron chi connectivity index (χ0n) is 10.0. The van der Waals surface area contributed by atoms with Gasteiger partial charge in [0.25, 0.3) is 0 Å². The van der Waals surface area contributed by atoms with E-state index in [2.05, 4.69) is 15.3 Å². The molecule has 0 aliphatic carbocycles. The fourth-order valence-electron chi connectivity index (χ4n) is 1.85. The molecule has 2 aromatic rings. The van der Waals surface area contributed by atoms with Crippen molar-refractivity contribution < 1.29 is 0 Å². The number of aryl methyl sites for hydroxylation is 1. The molecule has 2 aromatic heterocycles. The van der Waals surface area contributed by atoms with Crippen LogP contribution in [0.1, 0.15) is 22.9 Å². The van der Waals surface area contributed by atoms with Crippen molar-refractivity contribution >= 4 is 5.82 Å². The summed E-state index contributed by atoms with van der Waals surface area (Å²) in [7, 11) is 1.89. The average Bonchev–Trinajstić information content (AvgIpc) is 2.33. The van der Waals surface area contributed by atoms with Crippen molar-refractivity contribution in [1.82, 2.24) is 15.3 Å². The number of hydrogen-bond donors (Lipinski definition) is 2. The summed E-state index contributed by atoms with van der Waals surface area (Å²) in [6.07, 6.45) is 3.50. The highest BCUT2D eigenvalue weighted by atomic mass is 14.9. The summed E-state index contributed by atoms with van der Waals surface area (Å²) >= 11 is 0. The minimum Gasteiger partial charge on any atom is -0.383 e.